The number of benzene rings is 2. The molecule has 0 saturated heterocycles. The van der Waals surface area contributed by atoms with Crippen molar-refractivity contribution < 1.29 is 12.8 Å². The highest BCUT2D eigenvalue weighted by Gasteiger charge is 2.20. The molecule has 0 unspecified atom stereocenters. The fourth-order valence-corrected chi connectivity index (χ4v) is 3.23. The zero-order valence-corrected chi connectivity index (χ0v) is 13.0. The van der Waals surface area contributed by atoms with Crippen molar-refractivity contribution in [3.8, 4) is 6.07 Å². The van der Waals surface area contributed by atoms with E-state index in [0.29, 0.717) is 5.56 Å². The van der Waals surface area contributed by atoms with E-state index in [2.05, 4.69) is 15.9 Å². The molecule has 0 radical (unpaired) electrons. The van der Waals surface area contributed by atoms with Crippen LogP contribution in [0.15, 0.2) is 62.8 Å². The fraction of sp³-hybridized carbons (Fsp3) is 0. The molecule has 0 heterocycles. The number of sulfone groups is 1. The predicted molar refractivity (Wildman–Crippen MR) is 81.3 cm³/mol. The van der Waals surface area contributed by atoms with E-state index in [0.717, 1.165) is 0 Å². The highest BCUT2D eigenvalue weighted by molar-refractivity contribution is 9.10. The molecule has 21 heavy (non-hydrogen) atoms. The molecule has 2 aromatic rings. The lowest BCUT2D eigenvalue weighted by Gasteiger charge is -2.03. The van der Waals surface area contributed by atoms with Gasteiger partial charge in [-0.05, 0) is 51.8 Å². The lowest BCUT2D eigenvalue weighted by atomic mass is 10.2. The molecule has 0 atom stereocenters. The van der Waals surface area contributed by atoms with Crippen molar-refractivity contribution in [3.63, 3.8) is 0 Å². The molecule has 0 fully saturated rings. The minimum atomic E-state index is -3.88. The Bertz CT molecular complexity index is 840. The second-order valence-electron chi connectivity index (χ2n) is 4.11. The van der Waals surface area contributed by atoms with Crippen LogP contribution in [0.1, 0.15) is 5.56 Å². The summed E-state index contributed by atoms with van der Waals surface area (Å²) in [5, 5.41) is 9.12. The van der Waals surface area contributed by atoms with Gasteiger partial charge in [0.25, 0.3) is 0 Å². The molecule has 0 aliphatic heterocycles. The summed E-state index contributed by atoms with van der Waals surface area (Å²) in [5.41, 5.74) is 0.416. The Morgan fingerprint density at radius 3 is 2.43 bits per heavy atom. The number of hydrogen-bond donors (Lipinski definition) is 0. The number of allylic oxidation sites excluding steroid dienone is 1. The van der Waals surface area contributed by atoms with Crippen LogP contribution in [-0.4, -0.2) is 8.42 Å². The molecule has 106 valence electrons. The lowest BCUT2D eigenvalue weighted by molar-refractivity contribution is 0.603. The van der Waals surface area contributed by atoms with Crippen molar-refractivity contribution in [1.82, 2.24) is 0 Å². The van der Waals surface area contributed by atoms with E-state index >= 15 is 0 Å². The SMILES string of the molecule is N#C/C(=C/c1ccc(F)c(Br)c1)S(=O)(=O)c1ccccc1. The van der Waals surface area contributed by atoms with E-state index in [1.807, 2.05) is 0 Å². The Balaban J connectivity index is 2.51. The summed E-state index contributed by atoms with van der Waals surface area (Å²) in [6.45, 7) is 0. The van der Waals surface area contributed by atoms with Gasteiger partial charge in [0.15, 0.2) is 0 Å². The number of rotatable bonds is 3. The maximum absolute atomic E-state index is 13.2. The standard InChI is InChI=1S/C15H9BrFNO2S/c16-14-9-11(6-7-15(14)17)8-13(10-18)21(19,20)12-4-2-1-3-5-12/h1-9H/b13-8-. The van der Waals surface area contributed by atoms with Crippen molar-refractivity contribution in [2.24, 2.45) is 0 Å². The van der Waals surface area contributed by atoms with Crippen molar-refractivity contribution in [3.05, 3.63) is 69.3 Å². The van der Waals surface area contributed by atoms with Crippen LogP contribution in [0.5, 0.6) is 0 Å². The normalized spacial score (nSPS) is 12.0. The van der Waals surface area contributed by atoms with Gasteiger partial charge in [0.05, 0.1) is 9.37 Å². The number of halogens is 2. The van der Waals surface area contributed by atoms with Crippen LogP contribution in [0, 0.1) is 17.1 Å². The second kappa shape index (κ2) is 6.20. The molecule has 0 bridgehead atoms. The number of hydrogen-bond acceptors (Lipinski definition) is 3. The van der Waals surface area contributed by atoms with Crippen LogP contribution < -0.4 is 0 Å². The monoisotopic (exact) mass is 365 g/mol. The van der Waals surface area contributed by atoms with Gasteiger partial charge in [-0.15, -0.1) is 0 Å². The third-order valence-electron chi connectivity index (χ3n) is 2.69. The van der Waals surface area contributed by atoms with Crippen LogP contribution >= 0.6 is 15.9 Å². The zero-order chi connectivity index (χ0) is 15.5. The minimum absolute atomic E-state index is 0.0407. The van der Waals surface area contributed by atoms with E-state index in [9.17, 15) is 12.8 Å². The van der Waals surface area contributed by atoms with Gasteiger partial charge < -0.3 is 0 Å². The molecule has 0 amide bonds. The average molecular weight is 366 g/mol. The van der Waals surface area contributed by atoms with Gasteiger partial charge >= 0.3 is 0 Å². The molecule has 0 aliphatic rings. The van der Waals surface area contributed by atoms with Gasteiger partial charge in [0.2, 0.25) is 9.84 Å². The van der Waals surface area contributed by atoms with Crippen LogP contribution in [0.2, 0.25) is 0 Å². The molecule has 2 rings (SSSR count). The molecule has 0 N–H and O–H groups in total. The third kappa shape index (κ3) is 3.38. The maximum Gasteiger partial charge on any atom is 0.216 e. The van der Waals surface area contributed by atoms with Crippen molar-refractivity contribution in [2.75, 3.05) is 0 Å². The van der Waals surface area contributed by atoms with Gasteiger partial charge in [-0.25, -0.2) is 12.8 Å². The van der Waals surface area contributed by atoms with Gasteiger partial charge in [-0.2, -0.15) is 5.26 Å². The molecular formula is C15H9BrFNO2S. The first-order valence-corrected chi connectivity index (χ1v) is 8.10. The maximum atomic E-state index is 13.2. The highest BCUT2D eigenvalue weighted by atomic mass is 79.9. The van der Waals surface area contributed by atoms with Gasteiger partial charge in [-0.3, -0.25) is 0 Å². The first-order valence-electron chi connectivity index (χ1n) is 5.82. The summed E-state index contributed by atoms with van der Waals surface area (Å²) in [5.74, 6) is -0.462. The molecule has 0 aliphatic carbocycles. The van der Waals surface area contributed by atoms with Crippen LogP contribution in [0.4, 0.5) is 4.39 Å². The summed E-state index contributed by atoms with van der Waals surface area (Å²) >= 11 is 3.02. The molecule has 3 nitrogen and oxygen atoms in total. The molecule has 2 aromatic carbocycles. The van der Waals surface area contributed by atoms with Gasteiger partial charge in [0.1, 0.15) is 16.8 Å². The number of nitriles is 1. The van der Waals surface area contributed by atoms with Crippen LogP contribution in [-0.2, 0) is 9.84 Å². The first-order chi connectivity index (χ1) is 9.95. The topological polar surface area (TPSA) is 57.9 Å². The lowest BCUT2D eigenvalue weighted by Crippen LogP contribution is -2.03. The van der Waals surface area contributed by atoms with Crippen LogP contribution in [0.25, 0.3) is 6.08 Å². The number of nitrogens with zero attached hydrogens (tertiary/aromatic N) is 1. The Labute approximate surface area is 130 Å². The summed E-state index contributed by atoms with van der Waals surface area (Å²) in [6.07, 6.45) is 1.21. The Kier molecular flexibility index (Phi) is 4.56. The summed E-state index contributed by atoms with van der Waals surface area (Å²) in [7, 11) is -3.88. The summed E-state index contributed by atoms with van der Waals surface area (Å²) in [4.78, 5) is -0.355. The highest BCUT2D eigenvalue weighted by Crippen LogP contribution is 2.23. The Hall–Kier alpha value is -1.97. The molecule has 0 saturated carbocycles. The quantitative estimate of drug-likeness (QED) is 0.774. The average Bonchev–Trinajstić information content (AvgIpc) is 2.49. The van der Waals surface area contributed by atoms with Crippen LogP contribution in [0.3, 0.4) is 0 Å². The Morgan fingerprint density at radius 1 is 1.19 bits per heavy atom. The van der Waals surface area contributed by atoms with E-state index < -0.39 is 20.6 Å². The molecular weight excluding hydrogens is 357 g/mol. The first kappa shape index (κ1) is 15.4. The van der Waals surface area contributed by atoms with Crippen molar-refractivity contribution in [1.29, 1.82) is 5.26 Å². The van der Waals surface area contributed by atoms with Gasteiger partial charge in [0, 0.05) is 0 Å². The molecule has 6 heteroatoms. The van der Waals surface area contributed by atoms with Crippen molar-refractivity contribution in [2.45, 2.75) is 4.90 Å². The smallest absolute Gasteiger partial charge is 0.216 e. The van der Waals surface area contributed by atoms with E-state index in [-0.39, 0.29) is 9.37 Å². The third-order valence-corrected chi connectivity index (χ3v) is 4.98. The largest absolute Gasteiger partial charge is 0.218 e. The second-order valence-corrected chi connectivity index (χ2v) is 6.88. The zero-order valence-electron chi connectivity index (χ0n) is 10.6. The van der Waals surface area contributed by atoms with E-state index in [4.69, 9.17) is 5.26 Å². The molecule has 0 spiro atoms. The van der Waals surface area contributed by atoms with Crippen molar-refractivity contribution >= 4 is 31.8 Å². The van der Waals surface area contributed by atoms with Gasteiger partial charge in [-0.1, -0.05) is 24.3 Å². The predicted octanol–water partition coefficient (Wildman–Crippen LogP) is 3.93. The summed E-state index contributed by atoms with van der Waals surface area (Å²) in [6, 6.07) is 13.4. The van der Waals surface area contributed by atoms with E-state index in [1.165, 1.54) is 36.4 Å². The molecule has 0 aromatic heterocycles. The Morgan fingerprint density at radius 2 is 1.86 bits per heavy atom. The fourth-order valence-electron chi connectivity index (χ4n) is 1.65. The minimum Gasteiger partial charge on any atom is -0.218 e. The van der Waals surface area contributed by atoms with E-state index in [1.54, 1.807) is 24.3 Å². The summed E-state index contributed by atoms with van der Waals surface area (Å²) < 4.78 is 38.1.